The second-order valence-electron chi connectivity index (χ2n) is 4.08. The van der Waals surface area contributed by atoms with E-state index in [9.17, 15) is 0 Å². The summed E-state index contributed by atoms with van der Waals surface area (Å²) in [6, 6.07) is 6.58. The van der Waals surface area contributed by atoms with E-state index in [4.69, 9.17) is 4.74 Å². The minimum absolute atomic E-state index is 0.294. The molecule has 17 heavy (non-hydrogen) atoms. The molecular weight excluding hydrogens is 210 g/mol. The zero-order valence-electron chi connectivity index (χ0n) is 11.1. The molecule has 0 radical (unpaired) electrons. The van der Waals surface area contributed by atoms with E-state index in [1.165, 1.54) is 11.1 Å². The van der Waals surface area contributed by atoms with Gasteiger partial charge in [0.1, 0.15) is 5.75 Å². The quantitative estimate of drug-likeness (QED) is 0.621. The molecule has 1 aromatic rings. The summed E-state index contributed by atoms with van der Waals surface area (Å²) >= 11 is 0. The van der Waals surface area contributed by atoms with Gasteiger partial charge in [-0.25, -0.2) is 0 Å². The van der Waals surface area contributed by atoms with Gasteiger partial charge in [0.2, 0.25) is 0 Å². The van der Waals surface area contributed by atoms with Crippen molar-refractivity contribution in [3.05, 3.63) is 29.3 Å². The van der Waals surface area contributed by atoms with Gasteiger partial charge in [-0.3, -0.25) is 0 Å². The first-order chi connectivity index (χ1) is 8.19. The first-order valence-corrected chi connectivity index (χ1v) is 5.99. The fourth-order valence-corrected chi connectivity index (χ4v) is 1.63. The molecule has 0 fully saturated rings. The fraction of sp³-hybridized carbons (Fsp3) is 0.467. The predicted octanol–water partition coefficient (Wildman–Crippen LogP) is 3.07. The molecule has 2 nitrogen and oxygen atoms in total. The molecule has 0 spiro atoms. The summed E-state index contributed by atoms with van der Waals surface area (Å²) in [5.74, 6) is 6.83. The van der Waals surface area contributed by atoms with E-state index in [-0.39, 0.29) is 0 Å². The van der Waals surface area contributed by atoms with E-state index >= 15 is 0 Å². The van der Waals surface area contributed by atoms with Crippen LogP contribution in [-0.4, -0.2) is 13.7 Å². The van der Waals surface area contributed by atoms with E-state index in [1.54, 1.807) is 0 Å². The fourth-order valence-electron chi connectivity index (χ4n) is 1.63. The molecule has 0 saturated heterocycles. The highest BCUT2D eigenvalue weighted by Gasteiger charge is 2.09. The highest BCUT2D eigenvalue weighted by molar-refractivity contribution is 5.38. The Bertz CT molecular complexity index is 415. The highest BCUT2D eigenvalue weighted by Crippen LogP contribution is 2.26. The zero-order chi connectivity index (χ0) is 12.7. The lowest BCUT2D eigenvalue weighted by Gasteiger charge is -2.16. The van der Waals surface area contributed by atoms with Crippen LogP contribution in [0.25, 0.3) is 0 Å². The molecule has 1 aromatic carbocycles. The number of aryl methyl sites for hydroxylation is 1. The van der Waals surface area contributed by atoms with Crippen LogP contribution in [0.15, 0.2) is 18.2 Å². The Labute approximate surface area is 104 Å². The summed E-state index contributed by atoms with van der Waals surface area (Å²) in [6.07, 6.45) is 0.776. The Morgan fingerprint density at radius 2 is 2.18 bits per heavy atom. The standard InChI is InChI=1S/C15H21NO/c1-5-6-7-10-17-15-9-8-12(2)11-14(15)13(3)16-4/h8-9,11,13,16H,7,10H2,1-4H3. The highest BCUT2D eigenvalue weighted by atomic mass is 16.5. The minimum atomic E-state index is 0.294. The van der Waals surface area contributed by atoms with Crippen LogP contribution in [-0.2, 0) is 0 Å². The molecule has 0 bridgehead atoms. The molecule has 1 unspecified atom stereocenters. The average Bonchev–Trinajstić information content (AvgIpc) is 2.35. The summed E-state index contributed by atoms with van der Waals surface area (Å²) in [4.78, 5) is 0. The summed E-state index contributed by atoms with van der Waals surface area (Å²) in [5.41, 5.74) is 2.46. The molecule has 0 aliphatic rings. The van der Waals surface area contributed by atoms with Crippen LogP contribution in [0.3, 0.4) is 0 Å². The van der Waals surface area contributed by atoms with E-state index in [2.05, 4.69) is 43.1 Å². The van der Waals surface area contributed by atoms with Crippen molar-refractivity contribution in [3.8, 4) is 17.6 Å². The Morgan fingerprint density at radius 3 is 2.82 bits per heavy atom. The molecule has 0 aliphatic carbocycles. The van der Waals surface area contributed by atoms with Gasteiger partial charge in [-0.15, -0.1) is 11.8 Å². The second-order valence-corrected chi connectivity index (χ2v) is 4.08. The second kappa shape index (κ2) is 6.98. The number of nitrogens with one attached hydrogen (secondary N) is 1. The van der Waals surface area contributed by atoms with Gasteiger partial charge in [0.15, 0.2) is 0 Å². The molecule has 1 atom stereocenters. The van der Waals surface area contributed by atoms with E-state index < -0.39 is 0 Å². The first-order valence-electron chi connectivity index (χ1n) is 5.99. The number of rotatable bonds is 5. The van der Waals surface area contributed by atoms with Crippen LogP contribution in [0.2, 0.25) is 0 Å². The van der Waals surface area contributed by atoms with Crippen molar-refractivity contribution in [2.75, 3.05) is 13.7 Å². The maximum Gasteiger partial charge on any atom is 0.124 e. The van der Waals surface area contributed by atoms with Gasteiger partial charge in [-0.1, -0.05) is 17.7 Å². The molecule has 0 saturated carbocycles. The Balaban J connectivity index is 2.78. The summed E-state index contributed by atoms with van der Waals surface area (Å²) < 4.78 is 5.77. The third kappa shape index (κ3) is 4.13. The van der Waals surface area contributed by atoms with Crippen molar-refractivity contribution in [3.63, 3.8) is 0 Å². The molecule has 2 heteroatoms. The van der Waals surface area contributed by atoms with Crippen molar-refractivity contribution in [2.24, 2.45) is 0 Å². The van der Waals surface area contributed by atoms with Gasteiger partial charge in [0.25, 0.3) is 0 Å². The monoisotopic (exact) mass is 231 g/mol. The Kier molecular flexibility index (Phi) is 5.59. The van der Waals surface area contributed by atoms with Crippen LogP contribution in [0.5, 0.6) is 5.75 Å². The molecule has 92 valence electrons. The summed E-state index contributed by atoms with van der Waals surface area (Å²) in [7, 11) is 1.96. The maximum absolute atomic E-state index is 5.77. The number of hydrogen-bond acceptors (Lipinski definition) is 2. The Morgan fingerprint density at radius 1 is 1.41 bits per heavy atom. The molecule has 0 amide bonds. The topological polar surface area (TPSA) is 21.3 Å². The smallest absolute Gasteiger partial charge is 0.124 e. The van der Waals surface area contributed by atoms with Crippen LogP contribution in [0.4, 0.5) is 0 Å². The molecule has 0 aliphatic heterocycles. The molecule has 0 heterocycles. The van der Waals surface area contributed by atoms with Crippen LogP contribution >= 0.6 is 0 Å². The van der Waals surface area contributed by atoms with Gasteiger partial charge in [0, 0.05) is 18.0 Å². The van der Waals surface area contributed by atoms with Gasteiger partial charge in [-0.2, -0.15) is 0 Å². The van der Waals surface area contributed by atoms with Crippen LogP contribution in [0.1, 0.15) is 37.4 Å². The van der Waals surface area contributed by atoms with E-state index in [0.717, 1.165) is 12.2 Å². The van der Waals surface area contributed by atoms with Gasteiger partial charge in [0.05, 0.1) is 6.61 Å². The maximum atomic E-state index is 5.77. The summed E-state index contributed by atoms with van der Waals surface area (Å²) in [6.45, 7) is 6.72. The van der Waals surface area contributed by atoms with Crippen molar-refractivity contribution >= 4 is 0 Å². The van der Waals surface area contributed by atoms with Crippen molar-refractivity contribution < 1.29 is 4.74 Å². The third-order valence-electron chi connectivity index (χ3n) is 2.73. The number of hydrogen-bond donors (Lipinski definition) is 1. The molecular formula is C15H21NO. The lowest BCUT2D eigenvalue weighted by atomic mass is 10.0. The summed E-state index contributed by atoms with van der Waals surface area (Å²) in [5, 5.41) is 3.24. The number of ether oxygens (including phenoxy) is 1. The van der Waals surface area contributed by atoms with Crippen LogP contribution < -0.4 is 10.1 Å². The average molecular weight is 231 g/mol. The third-order valence-corrected chi connectivity index (χ3v) is 2.73. The molecule has 1 rings (SSSR count). The van der Waals surface area contributed by atoms with E-state index in [1.807, 2.05) is 20.0 Å². The van der Waals surface area contributed by atoms with Gasteiger partial charge in [-0.05, 0) is 33.9 Å². The lowest BCUT2D eigenvalue weighted by molar-refractivity contribution is 0.320. The lowest BCUT2D eigenvalue weighted by Crippen LogP contribution is -2.14. The van der Waals surface area contributed by atoms with Gasteiger partial charge < -0.3 is 10.1 Å². The van der Waals surface area contributed by atoms with Crippen molar-refractivity contribution in [2.45, 2.75) is 33.2 Å². The minimum Gasteiger partial charge on any atom is -0.492 e. The largest absolute Gasteiger partial charge is 0.492 e. The normalized spacial score (nSPS) is 11.5. The van der Waals surface area contributed by atoms with Gasteiger partial charge >= 0.3 is 0 Å². The first kappa shape index (κ1) is 13.6. The van der Waals surface area contributed by atoms with Crippen LogP contribution in [0, 0.1) is 18.8 Å². The number of benzene rings is 1. The van der Waals surface area contributed by atoms with E-state index in [0.29, 0.717) is 12.6 Å². The van der Waals surface area contributed by atoms with Crippen molar-refractivity contribution in [1.29, 1.82) is 0 Å². The Hall–Kier alpha value is -1.46. The predicted molar refractivity (Wildman–Crippen MR) is 72.2 cm³/mol. The molecule has 0 aromatic heterocycles. The van der Waals surface area contributed by atoms with Crippen molar-refractivity contribution in [1.82, 2.24) is 5.32 Å². The molecule has 1 N–H and O–H groups in total. The SMILES string of the molecule is CC#CCCOc1ccc(C)cc1C(C)NC. The zero-order valence-corrected chi connectivity index (χ0v) is 11.1.